The molecule has 3 heterocycles. The van der Waals surface area contributed by atoms with Gasteiger partial charge in [0.2, 0.25) is 5.95 Å². The van der Waals surface area contributed by atoms with Gasteiger partial charge < -0.3 is 26.2 Å². The van der Waals surface area contributed by atoms with Crippen LogP contribution in [0.4, 0.5) is 24.8 Å². The molecule has 2 aromatic carbocycles. The third-order valence-electron chi connectivity index (χ3n) is 8.08. The van der Waals surface area contributed by atoms with E-state index in [9.17, 15) is 28.0 Å². The second kappa shape index (κ2) is 13.9. The van der Waals surface area contributed by atoms with Crippen molar-refractivity contribution in [3.63, 3.8) is 0 Å². The number of halogens is 4. The molecule has 0 aliphatic carbocycles. The number of esters is 1. The fraction of sp³-hybridized carbons (Fsp3) is 0.273. The van der Waals surface area contributed by atoms with Gasteiger partial charge in [0.25, 0.3) is 0 Å². The van der Waals surface area contributed by atoms with Crippen LogP contribution in [0.5, 0.6) is 0 Å². The Balaban J connectivity index is 0.00000520. The molecule has 5 rings (SSSR count). The monoisotopic (exact) mass is 722 g/mol. The highest BCUT2D eigenvalue weighted by Gasteiger charge is 2.41. The highest BCUT2D eigenvalue weighted by atomic mass is 79.9. The first-order valence-electron chi connectivity index (χ1n) is 14.4. The number of methoxy groups -OCH3 is 1. The van der Waals surface area contributed by atoms with Gasteiger partial charge in [-0.05, 0) is 60.5 Å². The number of nitriles is 2. The number of aromatic nitrogens is 4. The molecule has 0 amide bonds. The quantitative estimate of drug-likeness (QED) is 0.214. The van der Waals surface area contributed by atoms with Gasteiger partial charge in [-0.1, -0.05) is 12.1 Å². The Morgan fingerprint density at radius 2 is 1.85 bits per heavy atom. The SMILES string of the molecule is COC(=O)C1=C(C)N(c2cccc(C(F)(F)F)c2)c2n[nH]c(=O)n2[C@@H]1c1ccc(C#N)cc1CC[N+](C)(C)Cc1ccc(C#N)nc1.[Br-]. The maximum Gasteiger partial charge on any atom is 0.416 e. The van der Waals surface area contributed by atoms with Gasteiger partial charge in [0, 0.05) is 29.6 Å². The van der Waals surface area contributed by atoms with E-state index >= 15 is 0 Å². The summed E-state index contributed by atoms with van der Waals surface area (Å²) in [5, 5.41) is 25.4. The molecule has 1 N–H and O–H groups in total. The van der Waals surface area contributed by atoms with E-state index in [0.717, 1.165) is 17.7 Å². The van der Waals surface area contributed by atoms with Crippen LogP contribution >= 0.6 is 0 Å². The molecule has 2 aromatic heterocycles. The number of carbonyl (C=O) groups is 1. The number of aromatic amines is 1. The molecule has 1 atom stereocenters. The number of pyridine rings is 1. The van der Waals surface area contributed by atoms with E-state index in [1.54, 1.807) is 37.4 Å². The van der Waals surface area contributed by atoms with Crippen molar-refractivity contribution >= 4 is 17.6 Å². The van der Waals surface area contributed by atoms with Gasteiger partial charge in [-0.2, -0.15) is 23.7 Å². The molecular formula is C33H30BrF3N8O3. The number of nitrogens with zero attached hydrogens (tertiary/aromatic N) is 7. The summed E-state index contributed by atoms with van der Waals surface area (Å²) in [4.78, 5) is 32.3. The number of rotatable bonds is 8. The van der Waals surface area contributed by atoms with Crippen LogP contribution in [-0.2, 0) is 28.7 Å². The number of fused-ring (bicyclic) bond motifs is 1. The third-order valence-corrected chi connectivity index (χ3v) is 8.08. The molecule has 15 heteroatoms. The van der Waals surface area contributed by atoms with Crippen molar-refractivity contribution in [1.29, 1.82) is 10.5 Å². The number of anilines is 2. The second-order valence-electron chi connectivity index (χ2n) is 11.7. The summed E-state index contributed by atoms with van der Waals surface area (Å²) in [6.07, 6.45) is -2.56. The smallest absolute Gasteiger partial charge is 0.416 e. The van der Waals surface area contributed by atoms with Crippen LogP contribution in [0.2, 0.25) is 0 Å². The van der Waals surface area contributed by atoms with Gasteiger partial charge in [0.15, 0.2) is 0 Å². The lowest BCUT2D eigenvalue weighted by atomic mass is 9.89. The lowest BCUT2D eigenvalue weighted by Crippen LogP contribution is -3.00. The fourth-order valence-corrected chi connectivity index (χ4v) is 5.82. The van der Waals surface area contributed by atoms with Crippen LogP contribution in [0, 0.1) is 22.7 Å². The van der Waals surface area contributed by atoms with E-state index in [4.69, 9.17) is 10.00 Å². The summed E-state index contributed by atoms with van der Waals surface area (Å²) >= 11 is 0. The molecule has 0 spiro atoms. The van der Waals surface area contributed by atoms with Crippen LogP contribution in [-0.4, -0.2) is 58.0 Å². The van der Waals surface area contributed by atoms with E-state index < -0.39 is 29.4 Å². The number of allylic oxidation sites excluding steroid dienone is 1. The Hall–Kier alpha value is -5.25. The van der Waals surface area contributed by atoms with Crippen LogP contribution in [0.15, 0.2) is 76.9 Å². The Kier molecular flexibility index (Phi) is 10.3. The molecule has 0 radical (unpaired) electrons. The zero-order chi connectivity index (χ0) is 34.1. The maximum absolute atomic E-state index is 13.7. The number of ether oxygens (including phenoxy) is 1. The molecule has 48 heavy (non-hydrogen) atoms. The van der Waals surface area contributed by atoms with Gasteiger partial charge >= 0.3 is 17.8 Å². The molecular weight excluding hydrogens is 693 g/mol. The van der Waals surface area contributed by atoms with Crippen LogP contribution in [0.25, 0.3) is 0 Å². The predicted octanol–water partition coefficient (Wildman–Crippen LogP) is 1.74. The number of carbonyl (C=O) groups excluding carboxylic acids is 1. The minimum atomic E-state index is -4.64. The molecule has 1 aliphatic rings. The van der Waals surface area contributed by atoms with Crippen LogP contribution in [0.3, 0.4) is 0 Å². The topological polar surface area (TPSA) is 141 Å². The van der Waals surface area contributed by atoms with E-state index in [0.29, 0.717) is 46.4 Å². The lowest BCUT2D eigenvalue weighted by molar-refractivity contribution is -0.903. The first-order chi connectivity index (χ1) is 22.3. The summed E-state index contributed by atoms with van der Waals surface area (Å²) in [5.41, 5.74) is 1.46. The minimum absolute atomic E-state index is 0. The van der Waals surface area contributed by atoms with Gasteiger partial charge in [-0.25, -0.2) is 24.2 Å². The van der Waals surface area contributed by atoms with Gasteiger partial charge in [-0.3, -0.25) is 4.90 Å². The Bertz CT molecular complexity index is 2020. The number of H-pyrrole nitrogens is 1. The summed E-state index contributed by atoms with van der Waals surface area (Å²) in [7, 11) is 5.21. The van der Waals surface area contributed by atoms with Crippen molar-refractivity contribution < 1.29 is 44.2 Å². The molecule has 0 fully saturated rings. The summed E-state index contributed by atoms with van der Waals surface area (Å²) in [6.45, 7) is 2.70. The lowest BCUT2D eigenvalue weighted by Gasteiger charge is -2.36. The predicted molar refractivity (Wildman–Crippen MR) is 164 cm³/mol. The number of likely N-dealkylation sites (N-methyl/N-ethyl adjacent to an activating group) is 1. The third kappa shape index (κ3) is 7.02. The Morgan fingerprint density at radius 3 is 2.48 bits per heavy atom. The van der Waals surface area contributed by atoms with Crippen molar-refractivity contribution in [1.82, 2.24) is 19.7 Å². The molecule has 1 aliphatic heterocycles. The van der Waals surface area contributed by atoms with Gasteiger partial charge in [0.1, 0.15) is 24.3 Å². The first-order valence-corrected chi connectivity index (χ1v) is 14.4. The maximum atomic E-state index is 13.7. The average molecular weight is 724 g/mol. The average Bonchev–Trinajstić information content (AvgIpc) is 3.43. The van der Waals surface area contributed by atoms with Gasteiger partial charge in [0.05, 0.1) is 50.5 Å². The summed E-state index contributed by atoms with van der Waals surface area (Å²) < 4.78 is 47.9. The Morgan fingerprint density at radius 1 is 1.10 bits per heavy atom. The van der Waals surface area contributed by atoms with E-state index in [2.05, 4.69) is 21.3 Å². The fourth-order valence-electron chi connectivity index (χ4n) is 5.82. The van der Waals surface area contributed by atoms with Crippen LogP contribution in [0.1, 0.15) is 46.5 Å². The summed E-state index contributed by atoms with van der Waals surface area (Å²) in [6, 6.07) is 16.0. The van der Waals surface area contributed by atoms with Crippen molar-refractivity contribution in [2.75, 3.05) is 32.6 Å². The second-order valence-corrected chi connectivity index (χ2v) is 11.7. The van der Waals surface area contributed by atoms with Gasteiger partial charge in [-0.15, -0.1) is 5.10 Å². The standard InChI is InChI=1S/C33H29F3N8O3.BrH/c1-20-28(30(45)47-4)29(43-31(40-41-32(43)46)42(20)26-7-5-6-24(15-26)33(34,35)36)27-11-9-21(16-37)14-23(27)12-13-44(2,3)19-22-8-10-25(17-38)39-18-22;/h5-11,14-15,18,29H,12-13,19H2,1-4H3;1H/t29-;/m1./s1. The number of hydrogen-bond acceptors (Lipinski definition) is 8. The largest absolute Gasteiger partial charge is 1.00 e. The summed E-state index contributed by atoms with van der Waals surface area (Å²) in [5.74, 6) is -0.813. The molecule has 11 nitrogen and oxygen atoms in total. The highest BCUT2D eigenvalue weighted by Crippen LogP contribution is 2.43. The molecule has 0 bridgehead atoms. The molecule has 248 valence electrons. The Labute approximate surface area is 284 Å². The van der Waals surface area contributed by atoms with Crippen LogP contribution < -0.4 is 27.6 Å². The zero-order valence-corrected chi connectivity index (χ0v) is 27.9. The van der Waals surface area contributed by atoms with Crippen molar-refractivity contribution in [2.24, 2.45) is 0 Å². The zero-order valence-electron chi connectivity index (χ0n) is 26.3. The van der Waals surface area contributed by atoms with Crippen molar-refractivity contribution in [3.05, 3.63) is 116 Å². The number of quaternary nitrogens is 1. The number of benzene rings is 2. The number of hydrogen-bond donors (Lipinski definition) is 1. The van der Waals surface area contributed by atoms with E-state index in [-0.39, 0.29) is 39.9 Å². The highest BCUT2D eigenvalue weighted by molar-refractivity contribution is 5.93. The van der Waals surface area contributed by atoms with E-state index in [1.165, 1.54) is 28.7 Å². The van der Waals surface area contributed by atoms with Crippen molar-refractivity contribution in [3.8, 4) is 12.1 Å². The number of nitrogens with one attached hydrogen (secondary N) is 1. The molecule has 0 saturated heterocycles. The normalized spacial score (nSPS) is 14.4. The molecule has 0 saturated carbocycles. The first kappa shape index (κ1) is 35.6. The minimum Gasteiger partial charge on any atom is -1.00 e. The molecule has 0 unspecified atom stereocenters. The molecule has 4 aromatic rings. The van der Waals surface area contributed by atoms with E-state index in [1.807, 2.05) is 26.2 Å². The van der Waals surface area contributed by atoms with Crippen molar-refractivity contribution in [2.45, 2.75) is 32.1 Å². The number of alkyl halides is 3.